The highest BCUT2D eigenvalue weighted by Gasteiger charge is 2.22. The average molecular weight is 389 g/mol. The lowest BCUT2D eigenvalue weighted by Crippen LogP contribution is -2.40. The van der Waals surface area contributed by atoms with Gasteiger partial charge in [0.1, 0.15) is 5.82 Å². The van der Waals surface area contributed by atoms with Crippen LogP contribution >= 0.6 is 11.3 Å². The lowest BCUT2D eigenvalue weighted by molar-refractivity contribution is -0.131. The van der Waals surface area contributed by atoms with Gasteiger partial charge in [-0.2, -0.15) is 11.3 Å². The first-order valence-electron chi connectivity index (χ1n) is 9.05. The molecule has 5 nitrogen and oxygen atoms in total. The van der Waals surface area contributed by atoms with Crippen molar-refractivity contribution in [1.29, 1.82) is 0 Å². The van der Waals surface area contributed by atoms with Gasteiger partial charge < -0.3 is 9.80 Å². The Morgan fingerprint density at radius 2 is 1.89 bits per heavy atom. The summed E-state index contributed by atoms with van der Waals surface area (Å²) in [4.78, 5) is 30.6. The van der Waals surface area contributed by atoms with Crippen LogP contribution in [0.25, 0.3) is 0 Å². The topological polar surface area (TPSA) is 43.9 Å². The number of thiophene rings is 1. The third kappa shape index (κ3) is 5.37. The van der Waals surface area contributed by atoms with Gasteiger partial charge in [0, 0.05) is 45.2 Å². The summed E-state index contributed by atoms with van der Waals surface area (Å²) >= 11 is 1.52. The quantitative estimate of drug-likeness (QED) is 0.790. The highest BCUT2D eigenvalue weighted by molar-refractivity contribution is 7.08. The Labute approximate surface area is 163 Å². The molecule has 1 aromatic carbocycles. The van der Waals surface area contributed by atoms with Crippen molar-refractivity contribution in [2.75, 3.05) is 39.8 Å². The maximum absolute atomic E-state index is 13.0. The molecular formula is C20H24FN3O2S. The van der Waals surface area contributed by atoms with Crippen LogP contribution in [0, 0.1) is 5.82 Å². The molecule has 1 aliphatic rings. The fourth-order valence-electron chi connectivity index (χ4n) is 3.16. The standard InChI is InChI=1S/C20H24FN3O2S/c1-22(13-16-3-5-18(21)6-4-16)19(25)14-23-8-2-9-24(11-10-23)20(26)17-7-12-27-15-17/h3-7,12,15H,2,8-11,13-14H2,1H3. The molecule has 2 heterocycles. The number of likely N-dealkylation sites (N-methyl/N-ethyl adjacent to an activating group) is 1. The molecule has 3 rings (SSSR count). The maximum atomic E-state index is 13.0. The number of rotatable bonds is 5. The van der Waals surface area contributed by atoms with E-state index >= 15 is 0 Å². The molecule has 1 aliphatic heterocycles. The summed E-state index contributed by atoms with van der Waals surface area (Å²) in [6, 6.07) is 8.05. The zero-order chi connectivity index (χ0) is 19.2. The minimum atomic E-state index is -0.279. The van der Waals surface area contributed by atoms with Crippen molar-refractivity contribution in [3.63, 3.8) is 0 Å². The lowest BCUT2D eigenvalue weighted by atomic mass is 10.2. The summed E-state index contributed by atoms with van der Waals surface area (Å²) in [5.41, 5.74) is 1.64. The van der Waals surface area contributed by atoms with Crippen LogP contribution in [0.15, 0.2) is 41.1 Å². The molecule has 0 aliphatic carbocycles. The minimum Gasteiger partial charge on any atom is -0.340 e. The second-order valence-electron chi connectivity index (χ2n) is 6.81. The van der Waals surface area contributed by atoms with Crippen LogP contribution in [0.4, 0.5) is 4.39 Å². The summed E-state index contributed by atoms with van der Waals surface area (Å²) in [7, 11) is 1.76. The number of halogens is 1. The Balaban J connectivity index is 1.49. The predicted molar refractivity (Wildman–Crippen MR) is 104 cm³/mol. The molecule has 1 fully saturated rings. The minimum absolute atomic E-state index is 0.0249. The van der Waals surface area contributed by atoms with E-state index in [2.05, 4.69) is 4.90 Å². The third-order valence-electron chi connectivity index (χ3n) is 4.76. The van der Waals surface area contributed by atoms with Gasteiger partial charge in [0.2, 0.25) is 5.91 Å². The van der Waals surface area contributed by atoms with Gasteiger partial charge in [0.15, 0.2) is 0 Å². The Morgan fingerprint density at radius 3 is 2.59 bits per heavy atom. The zero-order valence-electron chi connectivity index (χ0n) is 15.4. The second kappa shape index (κ2) is 9.10. The van der Waals surface area contributed by atoms with Crippen LogP contribution in [0.5, 0.6) is 0 Å². The fourth-order valence-corrected chi connectivity index (χ4v) is 3.79. The summed E-state index contributed by atoms with van der Waals surface area (Å²) in [5, 5.41) is 3.78. The van der Waals surface area contributed by atoms with Crippen molar-refractivity contribution < 1.29 is 14.0 Å². The van der Waals surface area contributed by atoms with Crippen LogP contribution in [0.1, 0.15) is 22.3 Å². The van der Waals surface area contributed by atoms with Crippen molar-refractivity contribution in [3.05, 3.63) is 58.0 Å². The normalized spacial score (nSPS) is 15.4. The Bertz CT molecular complexity index is 764. The Kier molecular flexibility index (Phi) is 6.58. The van der Waals surface area contributed by atoms with E-state index in [9.17, 15) is 14.0 Å². The van der Waals surface area contributed by atoms with Gasteiger partial charge >= 0.3 is 0 Å². The number of hydrogen-bond acceptors (Lipinski definition) is 4. The first-order valence-corrected chi connectivity index (χ1v) is 9.99. The van der Waals surface area contributed by atoms with Crippen molar-refractivity contribution in [3.8, 4) is 0 Å². The van der Waals surface area contributed by atoms with Crippen molar-refractivity contribution in [2.45, 2.75) is 13.0 Å². The van der Waals surface area contributed by atoms with Crippen LogP contribution in [0.2, 0.25) is 0 Å². The van der Waals surface area contributed by atoms with Crippen molar-refractivity contribution in [2.24, 2.45) is 0 Å². The van der Waals surface area contributed by atoms with Gasteiger partial charge in [0.25, 0.3) is 5.91 Å². The molecular weight excluding hydrogens is 365 g/mol. The second-order valence-corrected chi connectivity index (χ2v) is 7.59. The summed E-state index contributed by atoms with van der Waals surface area (Å²) in [6.45, 7) is 3.61. The van der Waals surface area contributed by atoms with E-state index in [-0.39, 0.29) is 17.6 Å². The molecule has 144 valence electrons. The molecule has 2 amide bonds. The van der Waals surface area contributed by atoms with E-state index in [1.807, 2.05) is 21.7 Å². The molecule has 0 bridgehead atoms. The van der Waals surface area contributed by atoms with Crippen LogP contribution in [-0.2, 0) is 11.3 Å². The van der Waals surface area contributed by atoms with E-state index in [0.717, 1.165) is 24.1 Å². The Morgan fingerprint density at radius 1 is 1.11 bits per heavy atom. The number of carbonyl (C=O) groups is 2. The number of hydrogen-bond donors (Lipinski definition) is 0. The SMILES string of the molecule is CN(Cc1ccc(F)cc1)C(=O)CN1CCCN(C(=O)c2ccsc2)CC1. The van der Waals surface area contributed by atoms with E-state index < -0.39 is 0 Å². The molecule has 0 radical (unpaired) electrons. The van der Waals surface area contributed by atoms with Gasteiger partial charge in [0.05, 0.1) is 12.1 Å². The van der Waals surface area contributed by atoms with Gasteiger partial charge in [-0.1, -0.05) is 12.1 Å². The monoisotopic (exact) mass is 389 g/mol. The van der Waals surface area contributed by atoms with Gasteiger partial charge in [-0.05, 0) is 35.6 Å². The molecule has 0 spiro atoms. The largest absolute Gasteiger partial charge is 0.340 e. The molecule has 0 unspecified atom stereocenters. The highest BCUT2D eigenvalue weighted by atomic mass is 32.1. The molecule has 1 aromatic heterocycles. The van der Waals surface area contributed by atoms with E-state index in [1.165, 1.54) is 23.5 Å². The number of amides is 2. The first-order chi connectivity index (χ1) is 13.0. The maximum Gasteiger partial charge on any atom is 0.254 e. The molecule has 0 N–H and O–H groups in total. The van der Waals surface area contributed by atoms with Gasteiger partial charge in [-0.3, -0.25) is 14.5 Å². The summed E-state index contributed by atoms with van der Waals surface area (Å²) in [6.07, 6.45) is 0.852. The lowest BCUT2D eigenvalue weighted by Gasteiger charge is -2.24. The molecule has 1 saturated heterocycles. The van der Waals surface area contributed by atoms with E-state index in [1.54, 1.807) is 24.1 Å². The third-order valence-corrected chi connectivity index (χ3v) is 5.44. The predicted octanol–water partition coefficient (Wildman–Crippen LogP) is 2.69. The zero-order valence-corrected chi connectivity index (χ0v) is 16.3. The number of carbonyl (C=O) groups excluding carboxylic acids is 2. The van der Waals surface area contributed by atoms with Gasteiger partial charge in [-0.15, -0.1) is 0 Å². The molecule has 0 saturated carbocycles. The Hall–Kier alpha value is -2.25. The molecule has 27 heavy (non-hydrogen) atoms. The van der Waals surface area contributed by atoms with E-state index in [4.69, 9.17) is 0 Å². The summed E-state index contributed by atoms with van der Waals surface area (Å²) < 4.78 is 13.0. The number of nitrogens with zero attached hydrogens (tertiary/aromatic N) is 3. The van der Waals surface area contributed by atoms with Crippen LogP contribution in [-0.4, -0.2) is 66.3 Å². The molecule has 0 atom stereocenters. The van der Waals surface area contributed by atoms with E-state index in [0.29, 0.717) is 32.7 Å². The summed E-state index contributed by atoms with van der Waals surface area (Å²) in [5.74, 6) is -0.186. The van der Waals surface area contributed by atoms with Crippen LogP contribution < -0.4 is 0 Å². The fraction of sp³-hybridized carbons (Fsp3) is 0.400. The van der Waals surface area contributed by atoms with Gasteiger partial charge in [-0.25, -0.2) is 4.39 Å². The van der Waals surface area contributed by atoms with Crippen LogP contribution in [0.3, 0.4) is 0 Å². The molecule has 7 heteroatoms. The smallest absolute Gasteiger partial charge is 0.254 e. The first kappa shape index (κ1) is 19.5. The number of benzene rings is 1. The van der Waals surface area contributed by atoms with Crippen molar-refractivity contribution >= 4 is 23.2 Å². The van der Waals surface area contributed by atoms with Crippen molar-refractivity contribution in [1.82, 2.24) is 14.7 Å². The average Bonchev–Trinajstić information content (AvgIpc) is 3.10. The highest BCUT2D eigenvalue weighted by Crippen LogP contribution is 2.13. The molecule has 2 aromatic rings.